The number of rotatable bonds is 6. The number of carbonyl (C=O) groups excluding carboxylic acids is 1. The summed E-state index contributed by atoms with van der Waals surface area (Å²) in [6.45, 7) is 1.87. The fourth-order valence-electron chi connectivity index (χ4n) is 2.98. The highest BCUT2D eigenvalue weighted by Gasteiger charge is 2.22. The van der Waals surface area contributed by atoms with Crippen LogP contribution < -0.4 is 5.32 Å². The molecule has 1 aliphatic heterocycles. The average Bonchev–Trinajstić information content (AvgIpc) is 2.54. The molecule has 23 heavy (non-hydrogen) atoms. The maximum atomic E-state index is 12.1. The molecule has 1 aromatic carbocycles. The molecule has 1 aromatic rings. The lowest BCUT2D eigenvalue weighted by atomic mass is 9.99. The van der Waals surface area contributed by atoms with E-state index in [0.29, 0.717) is 35.3 Å². The molecule has 1 aliphatic rings. The molecule has 0 aromatic heterocycles. The van der Waals surface area contributed by atoms with Crippen LogP contribution in [0.1, 0.15) is 37.7 Å². The summed E-state index contributed by atoms with van der Waals surface area (Å²) in [5.41, 5.74) is 0.995. The number of aliphatic hydroxyl groups is 1. The minimum Gasteiger partial charge on any atom is -0.396 e. The highest BCUT2D eigenvalue weighted by Crippen LogP contribution is 2.21. The third kappa shape index (κ3) is 5.21. The van der Waals surface area contributed by atoms with Crippen LogP contribution in [0.25, 0.3) is 0 Å². The quantitative estimate of drug-likeness (QED) is 0.838. The van der Waals surface area contributed by atoms with E-state index < -0.39 is 0 Å². The number of aliphatic hydroxyl groups excluding tert-OH is 1. The third-order valence-corrected chi connectivity index (χ3v) is 4.52. The Labute approximate surface area is 141 Å². The van der Waals surface area contributed by atoms with Gasteiger partial charge in [0.2, 0.25) is 5.91 Å². The smallest absolute Gasteiger partial charge is 0.225 e. The molecule has 0 aliphatic carbocycles. The molecule has 0 unspecified atom stereocenters. The fraction of sp³-hybridized carbons (Fsp3) is 0.529. The molecular formula is C17H22ClN3O2. The Morgan fingerprint density at radius 3 is 3.00 bits per heavy atom. The predicted molar refractivity (Wildman–Crippen MR) is 90.3 cm³/mol. The third-order valence-electron chi connectivity index (χ3n) is 4.21. The number of nitrogens with one attached hydrogen (secondary N) is 1. The zero-order valence-electron chi connectivity index (χ0n) is 13.1. The minimum absolute atomic E-state index is 0.0703. The predicted octanol–water partition coefficient (Wildman–Crippen LogP) is 2.78. The number of benzene rings is 1. The van der Waals surface area contributed by atoms with Gasteiger partial charge < -0.3 is 10.4 Å². The summed E-state index contributed by atoms with van der Waals surface area (Å²) in [6.07, 6.45) is 4.60. The standard InChI is InChI=1S/C17H22ClN3O2/c18-16-11-14(5-4-13(16)12-19)20-17(23)6-9-21-8-2-1-3-15(21)7-10-22/h4-5,11,15,22H,1-3,6-10H2,(H,20,23)/t15-/m1/s1. The average molecular weight is 336 g/mol. The normalized spacial score (nSPS) is 18.4. The van der Waals surface area contributed by atoms with E-state index in [1.165, 1.54) is 6.42 Å². The first-order valence-corrected chi connectivity index (χ1v) is 8.36. The number of carbonyl (C=O) groups is 1. The molecule has 1 atom stereocenters. The van der Waals surface area contributed by atoms with Crippen molar-refractivity contribution in [2.45, 2.75) is 38.1 Å². The van der Waals surface area contributed by atoms with Gasteiger partial charge in [-0.25, -0.2) is 0 Å². The molecule has 0 saturated carbocycles. The number of nitriles is 1. The van der Waals surface area contributed by atoms with Gasteiger partial charge in [-0.05, 0) is 44.0 Å². The molecule has 6 heteroatoms. The molecule has 0 bridgehead atoms. The second-order valence-electron chi connectivity index (χ2n) is 5.80. The molecule has 2 N–H and O–H groups in total. The first-order chi connectivity index (χ1) is 11.1. The second-order valence-corrected chi connectivity index (χ2v) is 6.21. The number of hydrogen-bond donors (Lipinski definition) is 2. The highest BCUT2D eigenvalue weighted by atomic mass is 35.5. The van der Waals surface area contributed by atoms with Gasteiger partial charge in [0.05, 0.1) is 10.6 Å². The number of nitrogens with zero attached hydrogens (tertiary/aromatic N) is 2. The molecule has 2 rings (SSSR count). The molecule has 1 fully saturated rings. The van der Waals surface area contributed by atoms with E-state index in [1.54, 1.807) is 18.2 Å². The van der Waals surface area contributed by atoms with Crippen LogP contribution in [-0.4, -0.2) is 41.7 Å². The minimum atomic E-state index is -0.0703. The van der Waals surface area contributed by atoms with Gasteiger partial charge in [0.15, 0.2) is 0 Å². The Hall–Kier alpha value is -1.61. The van der Waals surface area contributed by atoms with Crippen LogP contribution in [0.2, 0.25) is 5.02 Å². The van der Waals surface area contributed by atoms with Gasteiger partial charge in [0, 0.05) is 31.3 Å². The van der Waals surface area contributed by atoms with Gasteiger partial charge in [-0.15, -0.1) is 0 Å². The van der Waals surface area contributed by atoms with Crippen molar-refractivity contribution in [3.63, 3.8) is 0 Å². The molecule has 1 amide bonds. The Balaban J connectivity index is 1.84. The van der Waals surface area contributed by atoms with E-state index in [4.69, 9.17) is 22.0 Å². The maximum Gasteiger partial charge on any atom is 0.225 e. The van der Waals surface area contributed by atoms with Crippen LogP contribution >= 0.6 is 11.6 Å². The summed E-state index contributed by atoms with van der Waals surface area (Å²) in [4.78, 5) is 14.4. The van der Waals surface area contributed by atoms with E-state index in [9.17, 15) is 4.79 Å². The van der Waals surface area contributed by atoms with Crippen molar-refractivity contribution in [3.8, 4) is 6.07 Å². The monoisotopic (exact) mass is 335 g/mol. The molecule has 5 nitrogen and oxygen atoms in total. The van der Waals surface area contributed by atoms with Crippen molar-refractivity contribution in [2.75, 3.05) is 25.0 Å². The van der Waals surface area contributed by atoms with Crippen molar-refractivity contribution in [1.29, 1.82) is 5.26 Å². The molecule has 1 saturated heterocycles. The topological polar surface area (TPSA) is 76.4 Å². The van der Waals surface area contributed by atoms with Crippen LogP contribution in [-0.2, 0) is 4.79 Å². The van der Waals surface area contributed by atoms with Crippen LogP contribution in [0.5, 0.6) is 0 Å². The molecule has 124 valence electrons. The number of amides is 1. The molecule has 1 heterocycles. The summed E-state index contributed by atoms with van der Waals surface area (Å²) in [6, 6.07) is 7.24. The Morgan fingerprint density at radius 2 is 2.30 bits per heavy atom. The van der Waals surface area contributed by atoms with Crippen LogP contribution in [0.15, 0.2) is 18.2 Å². The SMILES string of the molecule is N#Cc1ccc(NC(=O)CCN2CCCC[C@@H]2CCO)cc1Cl. The van der Waals surface area contributed by atoms with E-state index >= 15 is 0 Å². The largest absolute Gasteiger partial charge is 0.396 e. The Kier molecular flexibility index (Phi) is 6.85. The summed E-state index contributed by atoms with van der Waals surface area (Å²) in [5, 5.41) is 21.1. The Bertz CT molecular complexity index is 584. The fourth-order valence-corrected chi connectivity index (χ4v) is 3.21. The Morgan fingerprint density at radius 1 is 1.48 bits per heavy atom. The van der Waals surface area contributed by atoms with Crippen molar-refractivity contribution < 1.29 is 9.90 Å². The molecule has 0 spiro atoms. The lowest BCUT2D eigenvalue weighted by Crippen LogP contribution is -2.41. The zero-order chi connectivity index (χ0) is 16.7. The first-order valence-electron chi connectivity index (χ1n) is 7.98. The van der Waals surface area contributed by atoms with Gasteiger partial charge in [0.25, 0.3) is 0 Å². The number of anilines is 1. The number of halogens is 1. The lowest BCUT2D eigenvalue weighted by molar-refractivity contribution is -0.116. The van der Waals surface area contributed by atoms with Crippen molar-refractivity contribution in [1.82, 2.24) is 4.90 Å². The first kappa shape index (κ1) is 17.7. The van der Waals surface area contributed by atoms with Crippen LogP contribution in [0.3, 0.4) is 0 Å². The molecular weight excluding hydrogens is 314 g/mol. The number of hydrogen-bond acceptors (Lipinski definition) is 4. The van der Waals surface area contributed by atoms with Crippen LogP contribution in [0.4, 0.5) is 5.69 Å². The molecule has 0 radical (unpaired) electrons. The maximum absolute atomic E-state index is 12.1. The van der Waals surface area contributed by atoms with E-state index in [1.807, 2.05) is 6.07 Å². The van der Waals surface area contributed by atoms with Crippen LogP contribution in [0, 0.1) is 11.3 Å². The van der Waals surface area contributed by atoms with E-state index in [0.717, 1.165) is 25.8 Å². The number of likely N-dealkylation sites (tertiary alicyclic amines) is 1. The summed E-state index contributed by atoms with van der Waals surface area (Å²) in [5.74, 6) is -0.0703. The van der Waals surface area contributed by atoms with Crippen molar-refractivity contribution in [2.24, 2.45) is 0 Å². The van der Waals surface area contributed by atoms with Gasteiger partial charge in [-0.2, -0.15) is 5.26 Å². The van der Waals surface area contributed by atoms with Gasteiger partial charge in [0.1, 0.15) is 6.07 Å². The van der Waals surface area contributed by atoms with E-state index in [2.05, 4.69) is 10.2 Å². The van der Waals surface area contributed by atoms with Crippen molar-refractivity contribution >= 4 is 23.2 Å². The summed E-state index contributed by atoms with van der Waals surface area (Å²) in [7, 11) is 0. The zero-order valence-corrected chi connectivity index (χ0v) is 13.9. The van der Waals surface area contributed by atoms with Gasteiger partial charge in [-0.3, -0.25) is 9.69 Å². The van der Waals surface area contributed by atoms with Crippen molar-refractivity contribution in [3.05, 3.63) is 28.8 Å². The summed E-state index contributed by atoms with van der Waals surface area (Å²) >= 11 is 5.96. The number of piperidine rings is 1. The van der Waals surface area contributed by atoms with E-state index in [-0.39, 0.29) is 12.5 Å². The lowest BCUT2D eigenvalue weighted by Gasteiger charge is -2.35. The second kappa shape index (κ2) is 8.88. The van der Waals surface area contributed by atoms with Gasteiger partial charge in [-0.1, -0.05) is 18.0 Å². The summed E-state index contributed by atoms with van der Waals surface area (Å²) < 4.78 is 0. The highest BCUT2D eigenvalue weighted by molar-refractivity contribution is 6.32. The van der Waals surface area contributed by atoms with Gasteiger partial charge >= 0.3 is 0 Å².